The Morgan fingerprint density at radius 1 is 1.16 bits per heavy atom. The zero-order valence-corrected chi connectivity index (χ0v) is 18.6. The highest BCUT2D eigenvalue weighted by Gasteiger charge is 2.41. The van der Waals surface area contributed by atoms with Crippen molar-refractivity contribution in [3.05, 3.63) is 60.2 Å². The number of hydrogen-bond donors (Lipinski definition) is 0. The van der Waals surface area contributed by atoms with Crippen LogP contribution in [0.4, 0.5) is 4.39 Å². The van der Waals surface area contributed by atoms with E-state index in [1.807, 2.05) is 17.2 Å². The lowest BCUT2D eigenvalue weighted by Gasteiger charge is -2.43. The smallest absolute Gasteiger partial charge is 0.225 e. The van der Waals surface area contributed by atoms with E-state index in [2.05, 4.69) is 27.9 Å². The van der Waals surface area contributed by atoms with Crippen LogP contribution in [0.1, 0.15) is 12.0 Å². The lowest BCUT2D eigenvalue weighted by molar-refractivity contribution is -0.157. The number of amides is 1. The van der Waals surface area contributed by atoms with Crippen molar-refractivity contribution in [2.75, 3.05) is 59.5 Å². The first kappa shape index (κ1) is 22.6. The third-order valence-electron chi connectivity index (χ3n) is 6.10. The summed E-state index contributed by atoms with van der Waals surface area (Å²) in [6.45, 7) is 6.02. The largest absolute Gasteiger partial charge is 0.491 e. The Balaban J connectivity index is 1.47. The summed E-state index contributed by atoms with van der Waals surface area (Å²) < 4.78 is 25.5. The Morgan fingerprint density at radius 3 is 2.66 bits per heavy atom. The van der Waals surface area contributed by atoms with Crippen LogP contribution in [0.3, 0.4) is 0 Å². The summed E-state index contributed by atoms with van der Waals surface area (Å²) in [5, 5.41) is 0. The van der Waals surface area contributed by atoms with Crippen LogP contribution < -0.4 is 4.74 Å². The van der Waals surface area contributed by atoms with Crippen LogP contribution in [0.25, 0.3) is 0 Å². The first-order valence-electron chi connectivity index (χ1n) is 11.1. The number of benzene rings is 1. The van der Waals surface area contributed by atoms with Gasteiger partial charge >= 0.3 is 0 Å². The summed E-state index contributed by atoms with van der Waals surface area (Å²) >= 11 is 0. The van der Waals surface area contributed by atoms with E-state index in [0.29, 0.717) is 18.9 Å². The van der Waals surface area contributed by atoms with Crippen LogP contribution in [0.2, 0.25) is 0 Å². The van der Waals surface area contributed by atoms with Crippen LogP contribution in [-0.4, -0.2) is 90.7 Å². The van der Waals surface area contributed by atoms with E-state index in [1.165, 1.54) is 12.1 Å². The minimum absolute atomic E-state index is 0.0871. The molecule has 0 radical (unpaired) electrons. The Hall–Kier alpha value is -2.55. The third-order valence-corrected chi connectivity index (χ3v) is 6.10. The average Bonchev–Trinajstić information content (AvgIpc) is 2.80. The number of pyridine rings is 1. The van der Waals surface area contributed by atoms with Crippen molar-refractivity contribution >= 4 is 5.91 Å². The predicted molar refractivity (Wildman–Crippen MR) is 119 cm³/mol. The molecule has 2 saturated heterocycles. The quantitative estimate of drug-likeness (QED) is 0.654. The highest BCUT2D eigenvalue weighted by atomic mass is 19.1. The number of piperazine rings is 1. The van der Waals surface area contributed by atoms with E-state index in [0.717, 1.165) is 44.8 Å². The van der Waals surface area contributed by atoms with Gasteiger partial charge in [0.15, 0.2) is 0 Å². The molecule has 1 aromatic heterocycles. The molecule has 2 aliphatic heterocycles. The minimum atomic E-state index is -0.769. The van der Waals surface area contributed by atoms with Crippen LogP contribution in [-0.2, 0) is 16.1 Å². The lowest BCUT2D eigenvalue weighted by Crippen LogP contribution is -2.58. The van der Waals surface area contributed by atoms with Crippen molar-refractivity contribution in [2.24, 2.45) is 0 Å². The molecule has 172 valence electrons. The van der Waals surface area contributed by atoms with Gasteiger partial charge in [-0.25, -0.2) is 4.39 Å². The van der Waals surface area contributed by atoms with Gasteiger partial charge < -0.3 is 19.3 Å². The highest BCUT2D eigenvalue weighted by Crippen LogP contribution is 2.26. The first-order chi connectivity index (χ1) is 15.5. The van der Waals surface area contributed by atoms with E-state index in [1.54, 1.807) is 18.3 Å². The monoisotopic (exact) mass is 442 g/mol. The van der Waals surface area contributed by atoms with Crippen LogP contribution in [0, 0.1) is 5.82 Å². The van der Waals surface area contributed by atoms with E-state index in [-0.39, 0.29) is 24.8 Å². The van der Waals surface area contributed by atoms with Gasteiger partial charge in [-0.1, -0.05) is 6.07 Å². The molecule has 0 bridgehead atoms. The number of carbonyl (C=O) groups is 1. The van der Waals surface area contributed by atoms with Crippen molar-refractivity contribution in [1.29, 1.82) is 0 Å². The number of carbonyl (C=O) groups excluding carboxylic acids is 1. The summed E-state index contributed by atoms with van der Waals surface area (Å²) in [6, 6.07) is 9.91. The molecular weight excluding hydrogens is 411 g/mol. The summed E-state index contributed by atoms with van der Waals surface area (Å²) in [6.07, 6.45) is 3.88. The minimum Gasteiger partial charge on any atom is -0.491 e. The van der Waals surface area contributed by atoms with Gasteiger partial charge in [0, 0.05) is 58.2 Å². The number of hydrogen-bond acceptors (Lipinski definition) is 6. The van der Waals surface area contributed by atoms with Gasteiger partial charge in [-0.05, 0) is 42.9 Å². The average molecular weight is 443 g/mol. The molecule has 1 atom stereocenters. The van der Waals surface area contributed by atoms with Crippen LogP contribution >= 0.6 is 0 Å². The van der Waals surface area contributed by atoms with E-state index < -0.39 is 5.60 Å². The zero-order valence-electron chi connectivity index (χ0n) is 18.6. The fourth-order valence-electron chi connectivity index (χ4n) is 4.24. The molecule has 32 heavy (non-hydrogen) atoms. The standard InChI is InChI=1S/C24H31FN4O3/c1-27-9-11-29(12-10-27)23(30)15-24(19-31-22-6-4-21(25)5-7-22)18-28(13-14-32-24)17-20-3-2-8-26-16-20/h2-8,16H,9-15,17-19H2,1H3/t24-/m1/s1. The van der Waals surface area contributed by atoms with Crippen molar-refractivity contribution in [2.45, 2.75) is 18.6 Å². The van der Waals surface area contributed by atoms with Crippen molar-refractivity contribution < 1.29 is 18.7 Å². The molecule has 0 aliphatic carbocycles. The van der Waals surface area contributed by atoms with E-state index in [9.17, 15) is 9.18 Å². The van der Waals surface area contributed by atoms with Gasteiger partial charge in [0.05, 0.1) is 13.0 Å². The second-order valence-electron chi connectivity index (χ2n) is 8.71. The van der Waals surface area contributed by atoms with Crippen LogP contribution in [0.5, 0.6) is 5.75 Å². The van der Waals surface area contributed by atoms with Crippen LogP contribution in [0.15, 0.2) is 48.8 Å². The molecule has 0 saturated carbocycles. The fourth-order valence-corrected chi connectivity index (χ4v) is 4.24. The molecule has 2 fully saturated rings. The Labute approximate surface area is 188 Å². The Kier molecular flexibility index (Phi) is 7.34. The van der Waals surface area contributed by atoms with Crippen molar-refractivity contribution in [3.63, 3.8) is 0 Å². The molecule has 1 aromatic carbocycles. The Morgan fingerprint density at radius 2 is 1.94 bits per heavy atom. The van der Waals surface area contributed by atoms with Gasteiger partial charge in [0.1, 0.15) is 23.8 Å². The number of morpholine rings is 1. The SMILES string of the molecule is CN1CCN(C(=O)C[C@]2(COc3ccc(F)cc3)CN(Cc3cccnc3)CCO2)CC1. The highest BCUT2D eigenvalue weighted by molar-refractivity contribution is 5.77. The summed E-state index contributed by atoms with van der Waals surface area (Å²) in [5.74, 6) is 0.337. The molecular formula is C24H31FN4O3. The van der Waals surface area contributed by atoms with Crippen molar-refractivity contribution in [3.8, 4) is 5.75 Å². The molecule has 2 aliphatic rings. The van der Waals surface area contributed by atoms with Gasteiger partial charge in [0.25, 0.3) is 0 Å². The topological polar surface area (TPSA) is 58.1 Å². The maximum absolute atomic E-state index is 13.3. The number of halogens is 1. The normalized spacial score (nSPS) is 22.6. The molecule has 4 rings (SSSR count). The first-order valence-corrected chi connectivity index (χ1v) is 11.1. The van der Waals surface area contributed by atoms with E-state index >= 15 is 0 Å². The molecule has 0 spiro atoms. The maximum Gasteiger partial charge on any atom is 0.225 e. The van der Waals surface area contributed by atoms with Gasteiger partial charge in [-0.3, -0.25) is 14.7 Å². The number of ether oxygens (including phenoxy) is 2. The fraction of sp³-hybridized carbons (Fsp3) is 0.500. The zero-order chi connectivity index (χ0) is 22.4. The molecule has 0 unspecified atom stereocenters. The molecule has 0 N–H and O–H groups in total. The van der Waals surface area contributed by atoms with Gasteiger partial charge in [-0.2, -0.15) is 0 Å². The number of likely N-dealkylation sites (N-methyl/N-ethyl adjacent to an activating group) is 1. The molecule has 8 heteroatoms. The molecule has 2 aromatic rings. The van der Waals surface area contributed by atoms with Gasteiger partial charge in [0.2, 0.25) is 5.91 Å². The lowest BCUT2D eigenvalue weighted by atomic mass is 9.96. The number of rotatable bonds is 7. The predicted octanol–water partition coefficient (Wildman–Crippen LogP) is 2.03. The third kappa shape index (κ3) is 6.03. The van der Waals surface area contributed by atoms with Gasteiger partial charge in [-0.15, -0.1) is 0 Å². The summed E-state index contributed by atoms with van der Waals surface area (Å²) in [5.41, 5.74) is 0.350. The number of aromatic nitrogens is 1. The summed E-state index contributed by atoms with van der Waals surface area (Å²) in [7, 11) is 2.07. The number of nitrogens with zero attached hydrogens (tertiary/aromatic N) is 4. The second kappa shape index (κ2) is 10.4. The summed E-state index contributed by atoms with van der Waals surface area (Å²) in [4.78, 5) is 23.8. The van der Waals surface area contributed by atoms with Crippen molar-refractivity contribution in [1.82, 2.24) is 19.7 Å². The second-order valence-corrected chi connectivity index (χ2v) is 8.71. The van der Waals surface area contributed by atoms with E-state index in [4.69, 9.17) is 9.47 Å². The molecule has 3 heterocycles. The maximum atomic E-state index is 13.3. The molecule has 7 nitrogen and oxygen atoms in total. The Bertz CT molecular complexity index is 875. The molecule has 1 amide bonds.